The zero-order valence-corrected chi connectivity index (χ0v) is 12.0. The molecule has 86 valence electrons. The summed E-state index contributed by atoms with van der Waals surface area (Å²) in [4.78, 5) is 0. The molecule has 0 aliphatic heterocycles. The second-order valence-corrected chi connectivity index (χ2v) is 6.11. The number of rotatable bonds is 2. The van der Waals surface area contributed by atoms with Gasteiger partial charge < -0.3 is 0 Å². The molecule has 0 spiro atoms. The lowest BCUT2D eigenvalue weighted by Gasteiger charge is -2.09. The fraction of sp³-hybridized carbons (Fsp3) is 0.250. The van der Waals surface area contributed by atoms with Crippen LogP contribution in [-0.2, 0) is 0 Å². The predicted molar refractivity (Wildman–Crippen MR) is 76.9 cm³/mol. The third-order valence-electron chi connectivity index (χ3n) is 3.11. The maximum absolute atomic E-state index is 2.30. The van der Waals surface area contributed by atoms with Crippen molar-refractivity contribution in [2.75, 3.05) is 0 Å². The van der Waals surface area contributed by atoms with E-state index >= 15 is 0 Å². The molecule has 0 aromatic heterocycles. The van der Waals surface area contributed by atoms with Gasteiger partial charge in [0.2, 0.25) is 0 Å². The summed E-state index contributed by atoms with van der Waals surface area (Å²) in [6, 6.07) is 13.4. The first-order valence-corrected chi connectivity index (χ1v) is 6.98. The first-order valence-electron chi connectivity index (χ1n) is 5.98. The Hall–Kier alpha value is -1.34. The van der Waals surface area contributed by atoms with Crippen molar-refractivity contribution in [3.05, 3.63) is 58.7 Å². The molecule has 0 fully saturated rings. The lowest BCUT2D eigenvalue weighted by molar-refractivity contribution is 1.37. The summed E-state index contributed by atoms with van der Waals surface area (Å²) in [7, 11) is 0.765. The summed E-state index contributed by atoms with van der Waals surface area (Å²) < 4.78 is 0. The SMILES string of the molecule is Cc1cc(C)cc([Si]c2cccc(C)c2C)c1. The van der Waals surface area contributed by atoms with Crippen LogP contribution in [0.25, 0.3) is 0 Å². The molecule has 0 saturated carbocycles. The summed E-state index contributed by atoms with van der Waals surface area (Å²) in [6.45, 7) is 8.75. The topological polar surface area (TPSA) is 0 Å². The second-order valence-electron chi connectivity index (χ2n) is 4.75. The van der Waals surface area contributed by atoms with Crippen molar-refractivity contribution in [3.63, 3.8) is 0 Å². The lowest BCUT2D eigenvalue weighted by Crippen LogP contribution is -2.29. The fourth-order valence-corrected chi connectivity index (χ4v) is 3.56. The van der Waals surface area contributed by atoms with Gasteiger partial charge in [-0.05, 0) is 38.8 Å². The quantitative estimate of drug-likeness (QED) is 0.706. The molecule has 0 amide bonds. The lowest BCUT2D eigenvalue weighted by atomic mass is 10.1. The zero-order chi connectivity index (χ0) is 12.4. The molecule has 0 saturated heterocycles. The van der Waals surface area contributed by atoms with Gasteiger partial charge in [-0.3, -0.25) is 0 Å². The van der Waals surface area contributed by atoms with Crippen molar-refractivity contribution in [2.24, 2.45) is 0 Å². The molecule has 0 heterocycles. The standard InChI is InChI=1S/C16H18Si/c1-11-8-12(2)10-15(9-11)17-16-7-5-6-13(3)14(16)4/h5-10H,1-4H3. The molecule has 0 nitrogen and oxygen atoms in total. The highest BCUT2D eigenvalue weighted by molar-refractivity contribution is 6.67. The van der Waals surface area contributed by atoms with E-state index in [1.807, 2.05) is 0 Å². The number of hydrogen-bond donors (Lipinski definition) is 0. The summed E-state index contributed by atoms with van der Waals surface area (Å²) in [6.07, 6.45) is 0. The van der Waals surface area contributed by atoms with Crippen LogP contribution in [0.15, 0.2) is 36.4 Å². The number of aryl methyl sites for hydroxylation is 3. The van der Waals surface area contributed by atoms with Gasteiger partial charge in [0.1, 0.15) is 9.52 Å². The summed E-state index contributed by atoms with van der Waals surface area (Å²) in [5.74, 6) is 0. The Morgan fingerprint density at radius 3 is 2.12 bits per heavy atom. The van der Waals surface area contributed by atoms with Crippen molar-refractivity contribution in [3.8, 4) is 0 Å². The Bertz CT molecular complexity index is 521. The van der Waals surface area contributed by atoms with Crippen LogP contribution >= 0.6 is 0 Å². The molecule has 2 radical (unpaired) electrons. The maximum atomic E-state index is 2.30. The van der Waals surface area contributed by atoms with E-state index in [0.29, 0.717) is 0 Å². The van der Waals surface area contributed by atoms with E-state index in [1.165, 1.54) is 32.6 Å². The molecule has 0 atom stereocenters. The van der Waals surface area contributed by atoms with E-state index in [1.54, 1.807) is 0 Å². The van der Waals surface area contributed by atoms with E-state index in [4.69, 9.17) is 0 Å². The van der Waals surface area contributed by atoms with Crippen LogP contribution in [0.2, 0.25) is 0 Å². The molecule has 0 unspecified atom stereocenters. The van der Waals surface area contributed by atoms with Crippen LogP contribution in [0.5, 0.6) is 0 Å². The number of hydrogen-bond acceptors (Lipinski definition) is 0. The molecule has 2 rings (SSSR count). The van der Waals surface area contributed by atoms with Gasteiger partial charge in [0.15, 0.2) is 0 Å². The second kappa shape index (κ2) is 4.88. The van der Waals surface area contributed by atoms with Gasteiger partial charge in [0.05, 0.1) is 0 Å². The molecule has 0 bridgehead atoms. The molecule has 0 aliphatic carbocycles. The van der Waals surface area contributed by atoms with E-state index in [9.17, 15) is 0 Å². The Morgan fingerprint density at radius 2 is 1.47 bits per heavy atom. The van der Waals surface area contributed by atoms with E-state index in [-0.39, 0.29) is 0 Å². The fourth-order valence-electron chi connectivity index (χ4n) is 2.09. The van der Waals surface area contributed by atoms with Crippen LogP contribution in [0.3, 0.4) is 0 Å². The predicted octanol–water partition coefficient (Wildman–Crippen LogP) is 2.58. The van der Waals surface area contributed by atoms with Gasteiger partial charge in [-0.25, -0.2) is 0 Å². The molecule has 2 aromatic rings. The Balaban J connectivity index is 2.34. The average Bonchev–Trinajstić information content (AvgIpc) is 2.23. The Kier molecular flexibility index (Phi) is 3.48. The van der Waals surface area contributed by atoms with Crippen LogP contribution in [-0.4, -0.2) is 9.52 Å². The minimum Gasteiger partial charge on any atom is -0.0628 e. The Morgan fingerprint density at radius 1 is 0.824 bits per heavy atom. The van der Waals surface area contributed by atoms with E-state index in [0.717, 1.165) is 9.52 Å². The third-order valence-corrected chi connectivity index (χ3v) is 4.49. The van der Waals surface area contributed by atoms with Gasteiger partial charge in [-0.15, -0.1) is 0 Å². The van der Waals surface area contributed by atoms with Crippen molar-refractivity contribution in [1.82, 2.24) is 0 Å². The minimum absolute atomic E-state index is 0.765. The first-order chi connectivity index (χ1) is 8.06. The minimum atomic E-state index is 0.765. The molecule has 0 N–H and O–H groups in total. The van der Waals surface area contributed by atoms with Crippen molar-refractivity contribution in [2.45, 2.75) is 27.7 Å². The zero-order valence-electron chi connectivity index (χ0n) is 11.0. The summed E-state index contributed by atoms with van der Waals surface area (Å²) in [5, 5.41) is 2.91. The van der Waals surface area contributed by atoms with Gasteiger partial charge >= 0.3 is 0 Å². The van der Waals surface area contributed by atoms with E-state index in [2.05, 4.69) is 64.1 Å². The monoisotopic (exact) mass is 238 g/mol. The van der Waals surface area contributed by atoms with Gasteiger partial charge in [-0.2, -0.15) is 0 Å². The van der Waals surface area contributed by atoms with Crippen molar-refractivity contribution < 1.29 is 0 Å². The van der Waals surface area contributed by atoms with Gasteiger partial charge in [-0.1, -0.05) is 57.9 Å². The first kappa shape index (κ1) is 12.1. The summed E-state index contributed by atoms with van der Waals surface area (Å²) in [5.41, 5.74) is 5.54. The molecule has 2 aromatic carbocycles. The van der Waals surface area contributed by atoms with Crippen LogP contribution in [0, 0.1) is 27.7 Å². The average molecular weight is 238 g/mol. The van der Waals surface area contributed by atoms with Crippen molar-refractivity contribution >= 4 is 19.9 Å². The highest BCUT2D eigenvalue weighted by atomic mass is 28.2. The smallest absolute Gasteiger partial charge is 0.0628 e. The number of benzene rings is 2. The molecule has 17 heavy (non-hydrogen) atoms. The van der Waals surface area contributed by atoms with E-state index < -0.39 is 0 Å². The van der Waals surface area contributed by atoms with Crippen molar-refractivity contribution in [1.29, 1.82) is 0 Å². The molecule has 0 aliphatic rings. The largest absolute Gasteiger partial charge is 0.121 e. The van der Waals surface area contributed by atoms with Gasteiger partial charge in [0.25, 0.3) is 0 Å². The highest BCUT2D eigenvalue weighted by Crippen LogP contribution is 2.03. The normalized spacial score (nSPS) is 10.6. The molecule has 1 heteroatoms. The third kappa shape index (κ3) is 2.86. The maximum Gasteiger partial charge on any atom is 0.121 e. The van der Waals surface area contributed by atoms with Crippen LogP contribution in [0.4, 0.5) is 0 Å². The molecular weight excluding hydrogens is 220 g/mol. The van der Waals surface area contributed by atoms with Crippen LogP contribution in [0.1, 0.15) is 22.3 Å². The van der Waals surface area contributed by atoms with Crippen LogP contribution < -0.4 is 10.4 Å². The Labute approximate surface area is 107 Å². The highest BCUT2D eigenvalue weighted by Gasteiger charge is 2.04. The summed E-state index contributed by atoms with van der Waals surface area (Å²) >= 11 is 0. The molecular formula is C16H18Si. The van der Waals surface area contributed by atoms with Gasteiger partial charge in [0, 0.05) is 0 Å².